The normalized spacial score (nSPS) is 21.1. The number of hydrogen-bond acceptors (Lipinski definition) is 3. The minimum absolute atomic E-state index is 0.295. The molecule has 0 bridgehead atoms. The number of likely N-dealkylation sites (tertiary alicyclic amines) is 1. The Labute approximate surface area is 107 Å². The zero-order valence-electron chi connectivity index (χ0n) is 10.9. The van der Waals surface area contributed by atoms with Crippen molar-refractivity contribution in [1.29, 1.82) is 0 Å². The molecule has 1 N–H and O–H groups in total. The van der Waals surface area contributed by atoms with Crippen molar-refractivity contribution >= 4 is 5.97 Å². The van der Waals surface area contributed by atoms with E-state index in [0.717, 1.165) is 39.0 Å². The molecule has 100 valence electrons. The highest BCUT2D eigenvalue weighted by atomic mass is 16.4. The molecule has 0 spiro atoms. The van der Waals surface area contributed by atoms with E-state index in [2.05, 4.69) is 21.4 Å². The second-order valence-electron chi connectivity index (χ2n) is 5.01. The van der Waals surface area contributed by atoms with Gasteiger partial charge in [-0.3, -0.25) is 9.69 Å². The molecule has 1 aromatic heterocycles. The van der Waals surface area contributed by atoms with Crippen LogP contribution < -0.4 is 0 Å². The van der Waals surface area contributed by atoms with Gasteiger partial charge < -0.3 is 9.67 Å². The van der Waals surface area contributed by atoms with Gasteiger partial charge in [0, 0.05) is 32.3 Å². The van der Waals surface area contributed by atoms with E-state index in [4.69, 9.17) is 5.11 Å². The number of carbonyl (C=O) groups is 1. The van der Waals surface area contributed by atoms with Crippen molar-refractivity contribution < 1.29 is 9.90 Å². The number of aryl methyl sites for hydroxylation is 1. The van der Waals surface area contributed by atoms with Crippen LogP contribution in [-0.4, -0.2) is 38.6 Å². The molecule has 0 aromatic carbocycles. The molecule has 1 aromatic rings. The number of carboxylic acids is 1. The molecule has 2 heterocycles. The van der Waals surface area contributed by atoms with Gasteiger partial charge in [0.15, 0.2) is 0 Å². The number of rotatable bonds is 5. The molecule has 1 aliphatic rings. The molecule has 0 radical (unpaired) electrons. The molecule has 18 heavy (non-hydrogen) atoms. The second kappa shape index (κ2) is 6.00. The summed E-state index contributed by atoms with van der Waals surface area (Å²) < 4.78 is 2.14. The van der Waals surface area contributed by atoms with Crippen LogP contribution in [0.4, 0.5) is 0 Å². The fourth-order valence-electron chi connectivity index (χ4n) is 2.70. The lowest BCUT2D eigenvalue weighted by Crippen LogP contribution is -2.36. The summed E-state index contributed by atoms with van der Waals surface area (Å²) in [6.45, 7) is 5.87. The zero-order chi connectivity index (χ0) is 13.0. The third-order valence-corrected chi connectivity index (χ3v) is 3.59. The molecular formula is C13H21N3O2. The van der Waals surface area contributed by atoms with Crippen molar-refractivity contribution in [1.82, 2.24) is 14.5 Å². The average Bonchev–Trinajstić information content (AvgIpc) is 2.76. The van der Waals surface area contributed by atoms with Crippen LogP contribution in [0.25, 0.3) is 0 Å². The number of aliphatic carboxylic acids is 1. The smallest absolute Gasteiger partial charge is 0.303 e. The first-order chi connectivity index (χ1) is 8.69. The maximum absolute atomic E-state index is 10.8. The van der Waals surface area contributed by atoms with Crippen LogP contribution in [0.15, 0.2) is 12.5 Å². The Morgan fingerprint density at radius 3 is 3.17 bits per heavy atom. The number of carboxylic acid groups (broad SMARTS) is 1. The SMILES string of the molecule is CCn1cncc1CN1CCCC(CC(=O)O)C1. The second-order valence-corrected chi connectivity index (χ2v) is 5.01. The first kappa shape index (κ1) is 13.1. The molecule has 1 saturated heterocycles. The van der Waals surface area contributed by atoms with Crippen molar-refractivity contribution in [2.75, 3.05) is 13.1 Å². The largest absolute Gasteiger partial charge is 0.481 e. The van der Waals surface area contributed by atoms with Crippen LogP contribution in [0.2, 0.25) is 0 Å². The molecule has 5 heteroatoms. The lowest BCUT2D eigenvalue weighted by atomic mass is 9.95. The van der Waals surface area contributed by atoms with Gasteiger partial charge in [-0.25, -0.2) is 4.98 Å². The maximum Gasteiger partial charge on any atom is 0.303 e. The van der Waals surface area contributed by atoms with Gasteiger partial charge >= 0.3 is 5.97 Å². The Hall–Kier alpha value is -1.36. The number of aromatic nitrogens is 2. The summed E-state index contributed by atoms with van der Waals surface area (Å²) in [4.78, 5) is 17.3. The lowest BCUT2D eigenvalue weighted by molar-refractivity contribution is -0.138. The third kappa shape index (κ3) is 3.32. The van der Waals surface area contributed by atoms with Crippen molar-refractivity contribution in [3.8, 4) is 0 Å². The highest BCUT2D eigenvalue weighted by molar-refractivity contribution is 5.67. The van der Waals surface area contributed by atoms with Crippen molar-refractivity contribution in [3.05, 3.63) is 18.2 Å². The van der Waals surface area contributed by atoms with Crippen LogP contribution in [0.5, 0.6) is 0 Å². The zero-order valence-corrected chi connectivity index (χ0v) is 10.9. The molecule has 0 saturated carbocycles. The van der Waals surface area contributed by atoms with Gasteiger partial charge in [-0.05, 0) is 32.2 Å². The van der Waals surface area contributed by atoms with E-state index in [9.17, 15) is 4.79 Å². The minimum atomic E-state index is -0.680. The van der Waals surface area contributed by atoms with E-state index in [1.54, 1.807) is 0 Å². The van der Waals surface area contributed by atoms with Crippen LogP contribution in [0.1, 0.15) is 31.9 Å². The molecule has 5 nitrogen and oxygen atoms in total. The number of hydrogen-bond donors (Lipinski definition) is 1. The molecule has 0 aliphatic carbocycles. The van der Waals surface area contributed by atoms with E-state index >= 15 is 0 Å². The van der Waals surface area contributed by atoms with E-state index in [0.29, 0.717) is 12.3 Å². The molecule has 1 unspecified atom stereocenters. The highest BCUT2D eigenvalue weighted by Gasteiger charge is 2.22. The fraction of sp³-hybridized carbons (Fsp3) is 0.692. The highest BCUT2D eigenvalue weighted by Crippen LogP contribution is 2.21. The van der Waals surface area contributed by atoms with Gasteiger partial charge in [0.05, 0.1) is 12.0 Å². The van der Waals surface area contributed by atoms with E-state index in [1.165, 1.54) is 5.69 Å². The van der Waals surface area contributed by atoms with Crippen LogP contribution in [0, 0.1) is 5.92 Å². The number of nitrogens with zero attached hydrogens (tertiary/aromatic N) is 3. The molecule has 0 amide bonds. The van der Waals surface area contributed by atoms with Crippen LogP contribution in [0.3, 0.4) is 0 Å². The summed E-state index contributed by atoms with van der Waals surface area (Å²) in [5.74, 6) is -0.380. The van der Waals surface area contributed by atoms with Crippen molar-refractivity contribution in [2.24, 2.45) is 5.92 Å². The first-order valence-electron chi connectivity index (χ1n) is 6.62. The molecule has 1 atom stereocenters. The maximum atomic E-state index is 10.8. The van der Waals surface area contributed by atoms with Crippen molar-refractivity contribution in [3.63, 3.8) is 0 Å². The standard InChI is InChI=1S/C13H21N3O2/c1-2-16-10-14-7-12(16)9-15-5-3-4-11(8-15)6-13(17)18/h7,10-11H,2-6,8-9H2,1H3,(H,17,18). The summed E-state index contributed by atoms with van der Waals surface area (Å²) in [6, 6.07) is 0. The van der Waals surface area contributed by atoms with Gasteiger partial charge in [-0.1, -0.05) is 0 Å². The van der Waals surface area contributed by atoms with Crippen LogP contribution in [-0.2, 0) is 17.9 Å². The van der Waals surface area contributed by atoms with Crippen molar-refractivity contribution in [2.45, 2.75) is 39.3 Å². The number of imidazole rings is 1. The molecular weight excluding hydrogens is 230 g/mol. The predicted octanol–water partition coefficient (Wildman–Crippen LogP) is 1.59. The monoisotopic (exact) mass is 251 g/mol. The van der Waals surface area contributed by atoms with Gasteiger partial charge in [0.1, 0.15) is 0 Å². The third-order valence-electron chi connectivity index (χ3n) is 3.59. The Kier molecular flexibility index (Phi) is 4.36. The van der Waals surface area contributed by atoms with Gasteiger partial charge in [-0.2, -0.15) is 0 Å². The van der Waals surface area contributed by atoms with E-state index in [1.807, 2.05) is 12.5 Å². The summed E-state index contributed by atoms with van der Waals surface area (Å²) >= 11 is 0. The van der Waals surface area contributed by atoms with Gasteiger partial charge in [0.25, 0.3) is 0 Å². The summed E-state index contributed by atoms with van der Waals surface area (Å²) in [7, 11) is 0. The number of piperidine rings is 1. The summed E-state index contributed by atoms with van der Waals surface area (Å²) in [5, 5.41) is 8.86. The summed E-state index contributed by atoms with van der Waals surface area (Å²) in [5.41, 5.74) is 1.22. The summed E-state index contributed by atoms with van der Waals surface area (Å²) in [6.07, 6.45) is 6.19. The van der Waals surface area contributed by atoms with E-state index in [-0.39, 0.29) is 0 Å². The minimum Gasteiger partial charge on any atom is -0.481 e. The average molecular weight is 251 g/mol. The molecule has 1 aliphatic heterocycles. The Morgan fingerprint density at radius 1 is 1.61 bits per heavy atom. The predicted molar refractivity (Wildman–Crippen MR) is 68.2 cm³/mol. The topological polar surface area (TPSA) is 58.4 Å². The van der Waals surface area contributed by atoms with Gasteiger partial charge in [0.2, 0.25) is 0 Å². The fourth-order valence-corrected chi connectivity index (χ4v) is 2.70. The Balaban J connectivity index is 1.91. The first-order valence-corrected chi connectivity index (χ1v) is 6.62. The van der Waals surface area contributed by atoms with E-state index < -0.39 is 5.97 Å². The Morgan fingerprint density at radius 2 is 2.44 bits per heavy atom. The van der Waals surface area contributed by atoms with Crippen LogP contribution >= 0.6 is 0 Å². The Bertz CT molecular complexity index is 403. The lowest BCUT2D eigenvalue weighted by Gasteiger charge is -2.32. The quantitative estimate of drug-likeness (QED) is 0.863. The molecule has 1 fully saturated rings. The molecule has 2 rings (SSSR count). The van der Waals surface area contributed by atoms with Gasteiger partial charge in [-0.15, -0.1) is 0 Å².